The van der Waals surface area contributed by atoms with Gasteiger partial charge in [0.05, 0.1) is 6.42 Å². The van der Waals surface area contributed by atoms with Crippen molar-refractivity contribution in [1.82, 2.24) is 4.98 Å². The van der Waals surface area contributed by atoms with Crippen molar-refractivity contribution in [2.24, 2.45) is 0 Å². The summed E-state index contributed by atoms with van der Waals surface area (Å²) < 4.78 is 5.31. The largest absolute Gasteiger partial charge is 0.460 e. The van der Waals surface area contributed by atoms with Crippen molar-refractivity contribution >= 4 is 17.8 Å². The summed E-state index contributed by atoms with van der Waals surface area (Å²) in [6.45, 7) is 7.40. The summed E-state index contributed by atoms with van der Waals surface area (Å²) in [5.41, 5.74) is 2.59. The van der Waals surface area contributed by atoms with Crippen molar-refractivity contribution in [3.8, 4) is 0 Å². The van der Waals surface area contributed by atoms with E-state index in [1.54, 1.807) is 18.3 Å². The minimum absolute atomic E-state index is 0.129. The third-order valence-electron chi connectivity index (χ3n) is 3.42. The number of benzene rings is 1. The first-order chi connectivity index (χ1) is 11.7. The average Bonchev–Trinajstić information content (AvgIpc) is 2.52. The minimum Gasteiger partial charge on any atom is -0.460 e. The molecular weight excluding hydrogens is 314 g/mol. The van der Waals surface area contributed by atoms with Gasteiger partial charge < -0.3 is 4.74 Å². The van der Waals surface area contributed by atoms with E-state index in [4.69, 9.17) is 4.74 Å². The fourth-order valence-electron chi connectivity index (χ4n) is 2.29. The monoisotopic (exact) mass is 337 g/mol. The highest BCUT2D eigenvalue weighted by Crippen LogP contribution is 2.12. The Hall–Kier alpha value is -2.75. The van der Waals surface area contributed by atoms with Gasteiger partial charge in [0.1, 0.15) is 11.3 Å². The Morgan fingerprint density at radius 3 is 2.40 bits per heavy atom. The van der Waals surface area contributed by atoms with Gasteiger partial charge in [0.25, 0.3) is 0 Å². The Labute approximate surface area is 148 Å². The number of carbonyl (C=O) groups is 2. The number of aromatic nitrogens is 1. The Kier molecular flexibility index (Phi) is 5.86. The van der Waals surface area contributed by atoms with E-state index in [0.717, 1.165) is 16.7 Å². The van der Waals surface area contributed by atoms with Crippen molar-refractivity contribution in [3.63, 3.8) is 0 Å². The summed E-state index contributed by atoms with van der Waals surface area (Å²) in [5.74, 6) is -0.382. The topological polar surface area (TPSA) is 56.3 Å². The number of rotatable bonds is 5. The SMILES string of the molecule is Cc1cccnc1C(=O)/C=C/c1ccc(CC(=O)OC(C)(C)C)cc1. The Bertz CT molecular complexity index is 784. The zero-order valence-corrected chi connectivity index (χ0v) is 15.1. The third-order valence-corrected chi connectivity index (χ3v) is 3.42. The minimum atomic E-state index is -0.482. The first kappa shape index (κ1) is 18.6. The molecule has 1 aromatic carbocycles. The summed E-state index contributed by atoms with van der Waals surface area (Å²) in [5, 5.41) is 0. The number of ketones is 1. The maximum absolute atomic E-state index is 12.2. The summed E-state index contributed by atoms with van der Waals surface area (Å²) in [7, 11) is 0. The van der Waals surface area contributed by atoms with E-state index in [9.17, 15) is 9.59 Å². The van der Waals surface area contributed by atoms with Crippen LogP contribution in [0.15, 0.2) is 48.7 Å². The standard InChI is InChI=1S/C21H23NO3/c1-15-6-5-13-22-20(15)18(23)12-11-16-7-9-17(10-8-16)14-19(24)25-21(2,3)4/h5-13H,14H2,1-4H3/b12-11+. The van der Waals surface area contributed by atoms with Gasteiger partial charge in [-0.1, -0.05) is 36.4 Å². The van der Waals surface area contributed by atoms with Crippen LogP contribution in [0.1, 0.15) is 48.0 Å². The average molecular weight is 337 g/mol. The predicted molar refractivity (Wildman–Crippen MR) is 98.3 cm³/mol. The van der Waals surface area contributed by atoms with Gasteiger partial charge in [0.2, 0.25) is 5.78 Å². The molecule has 0 atom stereocenters. The van der Waals surface area contributed by atoms with E-state index in [1.165, 1.54) is 6.08 Å². The number of carbonyl (C=O) groups excluding carboxylic acids is 2. The number of esters is 1. The van der Waals surface area contributed by atoms with E-state index < -0.39 is 5.60 Å². The molecule has 1 heterocycles. The molecule has 0 saturated heterocycles. The fourth-order valence-corrected chi connectivity index (χ4v) is 2.29. The lowest BCUT2D eigenvalue weighted by molar-refractivity contribution is -0.153. The molecule has 0 radical (unpaired) electrons. The number of ether oxygens (including phenoxy) is 1. The van der Waals surface area contributed by atoms with E-state index in [0.29, 0.717) is 5.69 Å². The van der Waals surface area contributed by atoms with Crippen molar-refractivity contribution in [1.29, 1.82) is 0 Å². The van der Waals surface area contributed by atoms with Crippen LogP contribution in [0.4, 0.5) is 0 Å². The highest BCUT2D eigenvalue weighted by molar-refractivity contribution is 6.06. The van der Waals surface area contributed by atoms with Crippen LogP contribution >= 0.6 is 0 Å². The van der Waals surface area contributed by atoms with Crippen molar-refractivity contribution in [2.75, 3.05) is 0 Å². The molecule has 0 amide bonds. The van der Waals surface area contributed by atoms with Gasteiger partial charge in [-0.3, -0.25) is 14.6 Å². The van der Waals surface area contributed by atoms with Crippen LogP contribution < -0.4 is 0 Å². The second-order valence-corrected chi connectivity index (χ2v) is 6.87. The molecule has 2 rings (SSSR count). The molecule has 4 nitrogen and oxygen atoms in total. The van der Waals surface area contributed by atoms with Gasteiger partial charge in [-0.25, -0.2) is 0 Å². The van der Waals surface area contributed by atoms with E-state index in [-0.39, 0.29) is 18.2 Å². The van der Waals surface area contributed by atoms with Gasteiger partial charge in [-0.05, 0) is 56.5 Å². The smallest absolute Gasteiger partial charge is 0.310 e. The van der Waals surface area contributed by atoms with Crippen LogP contribution in [0.3, 0.4) is 0 Å². The zero-order chi connectivity index (χ0) is 18.4. The summed E-state index contributed by atoms with van der Waals surface area (Å²) >= 11 is 0. The second-order valence-electron chi connectivity index (χ2n) is 6.87. The third kappa shape index (κ3) is 5.99. The lowest BCUT2D eigenvalue weighted by atomic mass is 10.1. The Morgan fingerprint density at radius 1 is 1.12 bits per heavy atom. The molecule has 0 spiro atoms. The Morgan fingerprint density at radius 2 is 1.80 bits per heavy atom. The molecule has 0 fully saturated rings. The maximum Gasteiger partial charge on any atom is 0.310 e. The van der Waals surface area contributed by atoms with Crippen molar-refractivity contribution < 1.29 is 14.3 Å². The molecule has 25 heavy (non-hydrogen) atoms. The number of pyridine rings is 1. The van der Waals surface area contributed by atoms with Crippen LogP contribution in [-0.2, 0) is 16.0 Å². The van der Waals surface area contributed by atoms with Crippen LogP contribution in [0.25, 0.3) is 6.08 Å². The number of allylic oxidation sites excluding steroid dienone is 1. The summed E-state index contributed by atoms with van der Waals surface area (Å²) in [6.07, 6.45) is 5.10. The highest BCUT2D eigenvalue weighted by Gasteiger charge is 2.16. The maximum atomic E-state index is 12.2. The second kappa shape index (κ2) is 7.88. The lowest BCUT2D eigenvalue weighted by Crippen LogP contribution is -2.24. The van der Waals surface area contributed by atoms with Gasteiger partial charge >= 0.3 is 5.97 Å². The van der Waals surface area contributed by atoms with E-state index in [1.807, 2.05) is 58.0 Å². The quantitative estimate of drug-likeness (QED) is 0.467. The molecule has 0 aliphatic rings. The molecule has 0 N–H and O–H groups in total. The van der Waals surface area contributed by atoms with Crippen LogP contribution in [0, 0.1) is 6.92 Å². The molecule has 0 saturated carbocycles. The molecule has 0 unspecified atom stereocenters. The zero-order valence-electron chi connectivity index (χ0n) is 15.1. The van der Waals surface area contributed by atoms with E-state index in [2.05, 4.69) is 4.98 Å². The van der Waals surface area contributed by atoms with Gasteiger partial charge in [-0.15, -0.1) is 0 Å². The number of aryl methyl sites for hydroxylation is 1. The molecule has 130 valence electrons. The van der Waals surface area contributed by atoms with Crippen molar-refractivity contribution in [2.45, 2.75) is 39.7 Å². The summed E-state index contributed by atoms with van der Waals surface area (Å²) in [6, 6.07) is 11.1. The van der Waals surface area contributed by atoms with Crippen molar-refractivity contribution in [3.05, 3.63) is 71.1 Å². The molecular formula is C21H23NO3. The van der Waals surface area contributed by atoms with Crippen LogP contribution in [0.2, 0.25) is 0 Å². The highest BCUT2D eigenvalue weighted by atomic mass is 16.6. The molecule has 0 aliphatic heterocycles. The van der Waals surface area contributed by atoms with Crippen LogP contribution in [0.5, 0.6) is 0 Å². The molecule has 4 heteroatoms. The Balaban J connectivity index is 1.99. The number of nitrogens with zero attached hydrogens (tertiary/aromatic N) is 1. The predicted octanol–water partition coefficient (Wildman–Crippen LogP) is 4.17. The van der Waals surface area contributed by atoms with Gasteiger partial charge in [-0.2, -0.15) is 0 Å². The van der Waals surface area contributed by atoms with E-state index >= 15 is 0 Å². The molecule has 1 aromatic heterocycles. The first-order valence-electron chi connectivity index (χ1n) is 8.19. The van der Waals surface area contributed by atoms with Crippen LogP contribution in [-0.4, -0.2) is 22.3 Å². The van der Waals surface area contributed by atoms with Gasteiger partial charge in [0, 0.05) is 6.20 Å². The molecule has 0 aliphatic carbocycles. The molecule has 2 aromatic rings. The normalized spacial score (nSPS) is 11.5. The lowest BCUT2D eigenvalue weighted by Gasteiger charge is -2.19. The molecule has 0 bridgehead atoms. The summed E-state index contributed by atoms with van der Waals surface area (Å²) in [4.78, 5) is 28.1. The number of hydrogen-bond donors (Lipinski definition) is 0. The first-order valence-corrected chi connectivity index (χ1v) is 8.19. The van der Waals surface area contributed by atoms with Gasteiger partial charge in [0.15, 0.2) is 0 Å². The number of hydrogen-bond acceptors (Lipinski definition) is 4. The fraction of sp³-hybridized carbons (Fsp3) is 0.286.